The average Bonchev–Trinajstić information content (AvgIpc) is 2.39. The molecule has 94 valence electrons. The van der Waals surface area contributed by atoms with Gasteiger partial charge in [0.25, 0.3) is 0 Å². The number of nitrogens with two attached hydrogens (primary N) is 1. The van der Waals surface area contributed by atoms with Gasteiger partial charge in [-0.05, 0) is 12.1 Å². The van der Waals surface area contributed by atoms with E-state index in [-0.39, 0.29) is 0 Å². The number of methoxy groups -OCH3 is 2. The summed E-state index contributed by atoms with van der Waals surface area (Å²) in [5, 5.41) is 0. The number of anilines is 1. The molecule has 2 rings (SSSR count). The van der Waals surface area contributed by atoms with Crippen molar-refractivity contribution in [3.8, 4) is 22.8 Å². The SMILES string of the molecule is COc1ccc(-c2cc(OC)ncc2F)c(N)c1. The van der Waals surface area contributed by atoms with Crippen LogP contribution in [-0.4, -0.2) is 19.2 Å². The molecule has 0 unspecified atom stereocenters. The van der Waals surface area contributed by atoms with Crippen LogP contribution in [0, 0.1) is 5.82 Å². The Morgan fingerprint density at radius 1 is 1.11 bits per heavy atom. The molecule has 0 aliphatic heterocycles. The summed E-state index contributed by atoms with van der Waals surface area (Å²) in [6.07, 6.45) is 1.11. The van der Waals surface area contributed by atoms with Crippen molar-refractivity contribution in [2.45, 2.75) is 0 Å². The fourth-order valence-corrected chi connectivity index (χ4v) is 1.65. The Labute approximate surface area is 104 Å². The molecular formula is C13H13FN2O2. The van der Waals surface area contributed by atoms with Crippen molar-refractivity contribution in [1.82, 2.24) is 4.98 Å². The Balaban J connectivity index is 2.54. The van der Waals surface area contributed by atoms with Crippen LogP contribution in [-0.2, 0) is 0 Å². The maximum absolute atomic E-state index is 13.7. The zero-order valence-electron chi connectivity index (χ0n) is 10.1. The van der Waals surface area contributed by atoms with Crippen LogP contribution < -0.4 is 15.2 Å². The monoisotopic (exact) mass is 248 g/mol. The fraction of sp³-hybridized carbons (Fsp3) is 0.154. The van der Waals surface area contributed by atoms with Crippen LogP contribution in [0.2, 0.25) is 0 Å². The first-order valence-electron chi connectivity index (χ1n) is 5.29. The van der Waals surface area contributed by atoms with Gasteiger partial charge in [-0.3, -0.25) is 0 Å². The maximum Gasteiger partial charge on any atom is 0.213 e. The molecule has 1 heterocycles. The lowest BCUT2D eigenvalue weighted by atomic mass is 10.0. The molecule has 0 amide bonds. The highest BCUT2D eigenvalue weighted by atomic mass is 19.1. The van der Waals surface area contributed by atoms with Crippen molar-refractivity contribution in [3.63, 3.8) is 0 Å². The number of hydrogen-bond acceptors (Lipinski definition) is 4. The summed E-state index contributed by atoms with van der Waals surface area (Å²) in [6.45, 7) is 0. The van der Waals surface area contributed by atoms with Gasteiger partial charge in [0.1, 0.15) is 11.6 Å². The smallest absolute Gasteiger partial charge is 0.213 e. The van der Waals surface area contributed by atoms with Crippen LogP contribution in [0.3, 0.4) is 0 Å². The van der Waals surface area contributed by atoms with Crippen molar-refractivity contribution in [3.05, 3.63) is 36.3 Å². The molecule has 2 aromatic rings. The van der Waals surface area contributed by atoms with Gasteiger partial charge < -0.3 is 15.2 Å². The maximum atomic E-state index is 13.7. The van der Waals surface area contributed by atoms with Crippen LogP contribution >= 0.6 is 0 Å². The highest BCUT2D eigenvalue weighted by molar-refractivity contribution is 5.78. The summed E-state index contributed by atoms with van der Waals surface area (Å²) < 4.78 is 23.8. The van der Waals surface area contributed by atoms with E-state index in [1.165, 1.54) is 13.2 Å². The predicted octanol–water partition coefficient (Wildman–Crippen LogP) is 2.49. The van der Waals surface area contributed by atoms with Gasteiger partial charge in [-0.15, -0.1) is 0 Å². The van der Waals surface area contributed by atoms with E-state index < -0.39 is 5.82 Å². The number of hydrogen-bond donors (Lipinski definition) is 1. The van der Waals surface area contributed by atoms with Gasteiger partial charge in [0.05, 0.1) is 20.4 Å². The van der Waals surface area contributed by atoms with Crippen molar-refractivity contribution in [2.24, 2.45) is 0 Å². The molecule has 18 heavy (non-hydrogen) atoms. The number of rotatable bonds is 3. The zero-order chi connectivity index (χ0) is 13.1. The molecule has 2 N–H and O–H groups in total. The second-order valence-electron chi connectivity index (χ2n) is 3.66. The Kier molecular flexibility index (Phi) is 3.32. The standard InChI is InChI=1S/C13H13FN2O2/c1-17-8-3-4-9(12(15)5-8)10-6-13(18-2)16-7-11(10)14/h3-7H,15H2,1-2H3. The summed E-state index contributed by atoms with van der Waals surface area (Å²) in [5.74, 6) is 0.506. The lowest BCUT2D eigenvalue weighted by Gasteiger charge is -2.09. The van der Waals surface area contributed by atoms with Gasteiger partial charge in [-0.2, -0.15) is 0 Å². The van der Waals surface area contributed by atoms with Crippen molar-refractivity contribution in [2.75, 3.05) is 20.0 Å². The van der Waals surface area contributed by atoms with Crippen LogP contribution in [0.1, 0.15) is 0 Å². The topological polar surface area (TPSA) is 57.4 Å². The number of benzene rings is 1. The Bertz CT molecular complexity index is 573. The van der Waals surface area contributed by atoms with Gasteiger partial charge in [0, 0.05) is 28.9 Å². The first-order valence-corrected chi connectivity index (χ1v) is 5.29. The molecule has 0 aliphatic rings. The second kappa shape index (κ2) is 4.91. The number of halogens is 1. The van der Waals surface area contributed by atoms with Gasteiger partial charge >= 0.3 is 0 Å². The molecule has 1 aromatic carbocycles. The van der Waals surface area contributed by atoms with E-state index in [9.17, 15) is 4.39 Å². The molecule has 0 spiro atoms. The third-order valence-electron chi connectivity index (χ3n) is 2.59. The van der Waals surface area contributed by atoms with Crippen molar-refractivity contribution in [1.29, 1.82) is 0 Å². The summed E-state index contributed by atoms with van der Waals surface area (Å²) in [4.78, 5) is 3.78. The Morgan fingerprint density at radius 2 is 1.89 bits per heavy atom. The van der Waals surface area contributed by atoms with E-state index >= 15 is 0 Å². The van der Waals surface area contributed by atoms with E-state index in [0.29, 0.717) is 28.4 Å². The molecule has 0 saturated heterocycles. The van der Waals surface area contributed by atoms with E-state index in [4.69, 9.17) is 15.2 Å². The number of nitrogen functional groups attached to an aromatic ring is 1. The lowest BCUT2D eigenvalue weighted by molar-refractivity contribution is 0.396. The normalized spacial score (nSPS) is 10.2. The van der Waals surface area contributed by atoms with E-state index in [2.05, 4.69) is 4.98 Å². The minimum Gasteiger partial charge on any atom is -0.497 e. The summed E-state index contributed by atoms with van der Waals surface area (Å²) >= 11 is 0. The number of nitrogens with zero attached hydrogens (tertiary/aromatic N) is 1. The molecule has 0 bridgehead atoms. The molecule has 0 fully saturated rings. The Hall–Kier alpha value is -2.30. The average molecular weight is 248 g/mol. The first kappa shape index (κ1) is 12.2. The van der Waals surface area contributed by atoms with Gasteiger partial charge in [0.15, 0.2) is 0 Å². The highest BCUT2D eigenvalue weighted by Gasteiger charge is 2.11. The minimum atomic E-state index is -0.451. The quantitative estimate of drug-likeness (QED) is 0.848. The minimum absolute atomic E-state index is 0.335. The zero-order valence-corrected chi connectivity index (χ0v) is 10.1. The van der Waals surface area contributed by atoms with Crippen LogP contribution in [0.15, 0.2) is 30.5 Å². The fourth-order valence-electron chi connectivity index (χ4n) is 1.65. The molecule has 0 aliphatic carbocycles. The first-order chi connectivity index (χ1) is 8.65. The van der Waals surface area contributed by atoms with Crippen LogP contribution in [0.5, 0.6) is 11.6 Å². The van der Waals surface area contributed by atoms with E-state index in [1.807, 2.05) is 0 Å². The van der Waals surface area contributed by atoms with E-state index in [1.54, 1.807) is 25.3 Å². The molecule has 1 aromatic heterocycles. The highest BCUT2D eigenvalue weighted by Crippen LogP contribution is 2.32. The number of ether oxygens (including phenoxy) is 2. The van der Waals surface area contributed by atoms with E-state index in [0.717, 1.165) is 6.20 Å². The predicted molar refractivity (Wildman–Crippen MR) is 67.1 cm³/mol. The van der Waals surface area contributed by atoms with Crippen molar-refractivity contribution < 1.29 is 13.9 Å². The number of pyridine rings is 1. The lowest BCUT2D eigenvalue weighted by Crippen LogP contribution is -1.96. The molecule has 0 atom stereocenters. The largest absolute Gasteiger partial charge is 0.497 e. The third kappa shape index (κ3) is 2.20. The van der Waals surface area contributed by atoms with Gasteiger partial charge in [-0.1, -0.05) is 0 Å². The molecular weight excluding hydrogens is 235 g/mol. The summed E-state index contributed by atoms with van der Waals surface area (Å²) in [6, 6.07) is 6.57. The summed E-state index contributed by atoms with van der Waals surface area (Å²) in [7, 11) is 3.02. The molecule has 4 nitrogen and oxygen atoms in total. The molecule has 5 heteroatoms. The molecule has 0 radical (unpaired) electrons. The number of aromatic nitrogens is 1. The summed E-state index contributed by atoms with van der Waals surface area (Å²) in [5.41, 5.74) is 7.24. The van der Waals surface area contributed by atoms with Crippen molar-refractivity contribution >= 4 is 5.69 Å². The van der Waals surface area contributed by atoms with Gasteiger partial charge in [0.2, 0.25) is 5.88 Å². The van der Waals surface area contributed by atoms with Gasteiger partial charge in [-0.25, -0.2) is 9.37 Å². The molecule has 0 saturated carbocycles. The van der Waals surface area contributed by atoms with Crippen LogP contribution in [0.25, 0.3) is 11.1 Å². The Morgan fingerprint density at radius 3 is 2.50 bits per heavy atom. The second-order valence-corrected chi connectivity index (χ2v) is 3.66. The third-order valence-corrected chi connectivity index (χ3v) is 2.59. The van der Waals surface area contributed by atoms with Crippen LogP contribution in [0.4, 0.5) is 10.1 Å².